The van der Waals surface area contributed by atoms with Crippen LogP contribution in [-0.4, -0.2) is 50.0 Å². The first-order chi connectivity index (χ1) is 9.28. The van der Waals surface area contributed by atoms with E-state index in [1.165, 1.54) is 32.1 Å². The van der Waals surface area contributed by atoms with Crippen LogP contribution in [0.25, 0.3) is 0 Å². The topological polar surface area (TPSA) is 36.9 Å². The Kier molecular flexibility index (Phi) is 6.94. The summed E-state index contributed by atoms with van der Waals surface area (Å²) in [5, 5.41) is 0.392. The van der Waals surface area contributed by atoms with Crippen LogP contribution < -0.4 is 0 Å². The van der Waals surface area contributed by atoms with Gasteiger partial charge >= 0.3 is 0 Å². The first kappa shape index (κ1) is 15.6. The molecule has 19 heavy (non-hydrogen) atoms. The van der Waals surface area contributed by atoms with Gasteiger partial charge in [-0.25, -0.2) is 0 Å². The van der Waals surface area contributed by atoms with Crippen molar-refractivity contribution in [3.8, 4) is 0 Å². The van der Waals surface area contributed by atoms with Crippen molar-refractivity contribution in [2.24, 2.45) is 0 Å². The lowest BCUT2D eigenvalue weighted by Crippen LogP contribution is -2.34. The van der Waals surface area contributed by atoms with Crippen molar-refractivity contribution in [3.63, 3.8) is 0 Å². The van der Waals surface area contributed by atoms with Gasteiger partial charge in [-0.1, -0.05) is 19.3 Å². The predicted octanol–water partition coefficient (Wildman–Crippen LogP) is 2.80. The van der Waals surface area contributed by atoms with Crippen molar-refractivity contribution in [1.82, 2.24) is 0 Å². The molecule has 2 aliphatic rings. The van der Waals surface area contributed by atoms with Crippen LogP contribution in [0.5, 0.6) is 0 Å². The summed E-state index contributed by atoms with van der Waals surface area (Å²) < 4.78 is 22.4. The van der Waals surface area contributed by atoms with Gasteiger partial charge < -0.3 is 18.9 Å². The van der Waals surface area contributed by atoms with E-state index in [0.717, 1.165) is 5.75 Å². The summed E-state index contributed by atoms with van der Waals surface area (Å²) in [4.78, 5) is 0. The maximum absolute atomic E-state index is 5.93. The second-order valence-corrected chi connectivity index (χ2v) is 6.58. The zero-order chi connectivity index (χ0) is 13.5. The van der Waals surface area contributed by atoms with Crippen molar-refractivity contribution >= 4 is 11.8 Å². The van der Waals surface area contributed by atoms with Gasteiger partial charge in [-0.05, 0) is 19.8 Å². The molecular formula is C14H26O4S. The number of hydrogen-bond acceptors (Lipinski definition) is 5. The first-order valence-electron chi connectivity index (χ1n) is 7.31. The summed E-state index contributed by atoms with van der Waals surface area (Å²) in [6.45, 7) is 3.38. The molecule has 3 unspecified atom stereocenters. The van der Waals surface area contributed by atoms with Gasteiger partial charge in [-0.2, -0.15) is 0 Å². The molecule has 0 N–H and O–H groups in total. The molecule has 0 amide bonds. The Hall–Kier alpha value is 0.190. The lowest BCUT2D eigenvalue weighted by atomic mass is 9.98. The van der Waals surface area contributed by atoms with Gasteiger partial charge in [0.2, 0.25) is 0 Å². The number of hydrogen-bond donors (Lipinski definition) is 0. The SMILES string of the molecule is COC1CSC(COC(C)OC2CCCCC2)CO1. The molecule has 5 heteroatoms. The highest BCUT2D eigenvalue weighted by atomic mass is 32.2. The fourth-order valence-corrected chi connectivity index (χ4v) is 3.52. The van der Waals surface area contributed by atoms with Crippen LogP contribution in [0.3, 0.4) is 0 Å². The summed E-state index contributed by atoms with van der Waals surface area (Å²) in [5.41, 5.74) is 0. The summed E-state index contributed by atoms with van der Waals surface area (Å²) in [7, 11) is 1.68. The molecule has 1 aliphatic carbocycles. The maximum atomic E-state index is 5.93. The van der Waals surface area contributed by atoms with E-state index >= 15 is 0 Å². The lowest BCUT2D eigenvalue weighted by Gasteiger charge is -2.29. The number of ether oxygens (including phenoxy) is 4. The standard InChI is InChI=1S/C14H26O4S/c1-11(18-12-6-4-3-5-7-12)16-8-13-9-17-14(15-2)10-19-13/h11-14H,3-10H2,1-2H3. The third-order valence-electron chi connectivity index (χ3n) is 3.65. The van der Waals surface area contributed by atoms with Crippen LogP contribution in [0.4, 0.5) is 0 Å². The highest BCUT2D eigenvalue weighted by Crippen LogP contribution is 2.24. The highest BCUT2D eigenvalue weighted by Gasteiger charge is 2.23. The minimum absolute atomic E-state index is 0.0582. The molecule has 2 rings (SSSR count). The molecule has 3 atom stereocenters. The van der Waals surface area contributed by atoms with E-state index in [1.54, 1.807) is 7.11 Å². The Balaban J connectivity index is 1.57. The maximum Gasteiger partial charge on any atom is 0.166 e. The number of rotatable bonds is 6. The average molecular weight is 290 g/mol. The van der Waals surface area contributed by atoms with E-state index < -0.39 is 0 Å². The molecule has 2 fully saturated rings. The van der Waals surface area contributed by atoms with Gasteiger partial charge in [0.05, 0.1) is 24.6 Å². The molecule has 0 aromatic carbocycles. The highest BCUT2D eigenvalue weighted by molar-refractivity contribution is 8.00. The molecule has 1 heterocycles. The zero-order valence-corrected chi connectivity index (χ0v) is 12.8. The van der Waals surface area contributed by atoms with E-state index in [-0.39, 0.29) is 12.6 Å². The fraction of sp³-hybridized carbons (Fsp3) is 1.00. The van der Waals surface area contributed by atoms with Gasteiger partial charge in [0.1, 0.15) is 0 Å². The van der Waals surface area contributed by atoms with Crippen molar-refractivity contribution in [1.29, 1.82) is 0 Å². The monoisotopic (exact) mass is 290 g/mol. The predicted molar refractivity (Wildman–Crippen MR) is 76.4 cm³/mol. The van der Waals surface area contributed by atoms with Crippen LogP contribution >= 0.6 is 11.8 Å². The average Bonchev–Trinajstić information content (AvgIpc) is 2.47. The van der Waals surface area contributed by atoms with Gasteiger partial charge in [0.15, 0.2) is 12.6 Å². The molecule has 0 spiro atoms. The summed E-state index contributed by atoms with van der Waals surface area (Å²) in [6.07, 6.45) is 6.54. The van der Waals surface area contributed by atoms with E-state index in [9.17, 15) is 0 Å². The molecule has 0 aromatic heterocycles. The Morgan fingerprint density at radius 3 is 2.68 bits per heavy atom. The molecule has 1 aliphatic heterocycles. The second kappa shape index (κ2) is 8.47. The Bertz CT molecular complexity index is 238. The normalized spacial score (nSPS) is 31.3. The second-order valence-electron chi connectivity index (χ2n) is 5.25. The van der Waals surface area contributed by atoms with E-state index in [4.69, 9.17) is 18.9 Å². The van der Waals surface area contributed by atoms with Crippen molar-refractivity contribution in [3.05, 3.63) is 0 Å². The van der Waals surface area contributed by atoms with Gasteiger partial charge in [-0.15, -0.1) is 11.8 Å². The lowest BCUT2D eigenvalue weighted by molar-refractivity contribution is -0.171. The minimum atomic E-state index is -0.108. The van der Waals surface area contributed by atoms with Gasteiger partial charge in [-0.3, -0.25) is 0 Å². The summed E-state index contributed by atoms with van der Waals surface area (Å²) >= 11 is 1.85. The van der Waals surface area contributed by atoms with Gasteiger partial charge in [0, 0.05) is 12.9 Å². The first-order valence-corrected chi connectivity index (χ1v) is 8.36. The van der Waals surface area contributed by atoms with Crippen LogP contribution in [0.1, 0.15) is 39.0 Å². The van der Waals surface area contributed by atoms with Crippen LogP contribution in [0, 0.1) is 0 Å². The summed E-state index contributed by atoms with van der Waals surface area (Å²) in [6, 6.07) is 0. The summed E-state index contributed by atoms with van der Waals surface area (Å²) in [5.74, 6) is 0.877. The van der Waals surface area contributed by atoms with Crippen LogP contribution in [0.15, 0.2) is 0 Å². The van der Waals surface area contributed by atoms with E-state index in [1.807, 2.05) is 18.7 Å². The molecule has 0 radical (unpaired) electrons. The zero-order valence-electron chi connectivity index (χ0n) is 12.0. The number of thioether (sulfide) groups is 1. The number of methoxy groups -OCH3 is 1. The largest absolute Gasteiger partial charge is 0.355 e. The minimum Gasteiger partial charge on any atom is -0.355 e. The Morgan fingerprint density at radius 1 is 1.26 bits per heavy atom. The molecular weight excluding hydrogens is 264 g/mol. The molecule has 1 saturated heterocycles. The molecule has 1 saturated carbocycles. The molecule has 4 nitrogen and oxygen atoms in total. The van der Waals surface area contributed by atoms with E-state index in [2.05, 4.69) is 0 Å². The van der Waals surface area contributed by atoms with Crippen LogP contribution in [0.2, 0.25) is 0 Å². The van der Waals surface area contributed by atoms with E-state index in [0.29, 0.717) is 24.6 Å². The Labute approximate surface area is 120 Å². The van der Waals surface area contributed by atoms with Crippen molar-refractivity contribution < 1.29 is 18.9 Å². The Morgan fingerprint density at radius 2 is 2.05 bits per heavy atom. The third-order valence-corrected chi connectivity index (χ3v) is 4.86. The molecule has 0 bridgehead atoms. The van der Waals surface area contributed by atoms with Crippen molar-refractivity contribution in [2.45, 2.75) is 63.0 Å². The fourth-order valence-electron chi connectivity index (χ4n) is 2.51. The molecule has 112 valence electrons. The molecule has 0 aromatic rings. The van der Waals surface area contributed by atoms with Gasteiger partial charge in [0.25, 0.3) is 0 Å². The smallest absolute Gasteiger partial charge is 0.166 e. The van der Waals surface area contributed by atoms with Crippen molar-refractivity contribution in [2.75, 3.05) is 26.1 Å². The third kappa shape index (κ3) is 5.60. The van der Waals surface area contributed by atoms with Crippen LogP contribution in [-0.2, 0) is 18.9 Å². The quantitative estimate of drug-likeness (QED) is 0.703.